The number of aryl methyl sites for hydroxylation is 3. The number of hydrogen-bond donors (Lipinski definition) is 0. The Labute approximate surface area is 207 Å². The molecule has 0 aliphatic heterocycles. The van der Waals surface area contributed by atoms with Crippen LogP contribution in [0.15, 0.2) is 66.9 Å². The van der Waals surface area contributed by atoms with E-state index >= 15 is 0 Å². The summed E-state index contributed by atoms with van der Waals surface area (Å²) >= 11 is 0. The minimum absolute atomic E-state index is 0.132. The first kappa shape index (κ1) is 25.8. The highest BCUT2D eigenvalue weighted by Crippen LogP contribution is 2.13. The zero-order valence-electron chi connectivity index (χ0n) is 20.2. The van der Waals surface area contributed by atoms with Crippen molar-refractivity contribution in [3.63, 3.8) is 0 Å². The van der Waals surface area contributed by atoms with Gasteiger partial charge in [0.1, 0.15) is 0 Å². The Morgan fingerprint density at radius 2 is 0.879 bits per heavy atom. The van der Waals surface area contributed by atoms with Gasteiger partial charge in [-0.25, -0.2) is 0 Å². The lowest BCUT2D eigenvalue weighted by Gasteiger charge is -2.28. The average molecular weight is 503 g/mol. The Morgan fingerprint density at radius 1 is 0.576 bits per heavy atom. The summed E-state index contributed by atoms with van der Waals surface area (Å²) in [6.45, 7) is 16.9. The van der Waals surface area contributed by atoms with Gasteiger partial charge in [0.15, 0.2) is 0 Å². The molecule has 3 aromatic carbocycles. The lowest BCUT2D eigenvalue weighted by Crippen LogP contribution is -2.52. The predicted octanol–water partition coefficient (Wildman–Crippen LogP) is 3.38. The van der Waals surface area contributed by atoms with E-state index < -0.39 is 8.80 Å². The standard InChI is InChI=1S/C26H30O3Si4/c1-8-33(27-30-24-15-9-12-18(2)21(24)5,28-31-25-16-10-13-19(3)22(25)6)29-32-26-17-11-14-20(4)23(26)7/h8-17H,1H2,2-7H3. The molecule has 33 heavy (non-hydrogen) atoms. The molecule has 7 heteroatoms. The second kappa shape index (κ2) is 11.5. The third-order valence-electron chi connectivity index (χ3n) is 5.97. The molecular formula is C26H30O3Si4. The minimum Gasteiger partial charge on any atom is -0.408 e. The molecule has 3 nitrogen and oxygen atoms in total. The van der Waals surface area contributed by atoms with E-state index in [0.717, 1.165) is 0 Å². The van der Waals surface area contributed by atoms with Crippen LogP contribution in [-0.4, -0.2) is 38.1 Å². The van der Waals surface area contributed by atoms with Crippen LogP contribution < -0.4 is 15.6 Å². The molecule has 3 rings (SSSR count). The van der Waals surface area contributed by atoms with Crippen LogP contribution >= 0.6 is 0 Å². The molecule has 0 fully saturated rings. The fourth-order valence-electron chi connectivity index (χ4n) is 3.15. The molecule has 0 spiro atoms. The fourth-order valence-corrected chi connectivity index (χ4v) is 10.3. The van der Waals surface area contributed by atoms with Crippen LogP contribution in [0.1, 0.15) is 33.4 Å². The average Bonchev–Trinajstić information content (AvgIpc) is 2.81. The van der Waals surface area contributed by atoms with Crippen molar-refractivity contribution in [1.29, 1.82) is 0 Å². The third kappa shape index (κ3) is 6.39. The molecule has 0 bridgehead atoms. The Bertz CT molecular complexity index is 996. The van der Waals surface area contributed by atoms with Gasteiger partial charge < -0.3 is 12.3 Å². The summed E-state index contributed by atoms with van der Waals surface area (Å²) < 4.78 is 19.5. The monoisotopic (exact) mass is 502 g/mol. The summed E-state index contributed by atoms with van der Waals surface area (Å²) in [6.07, 6.45) is 0. The third-order valence-corrected chi connectivity index (χ3v) is 13.4. The Balaban J connectivity index is 1.85. The summed E-state index contributed by atoms with van der Waals surface area (Å²) in [7, 11) is -2.74. The molecule has 3 aromatic rings. The fraction of sp³-hybridized carbons (Fsp3) is 0.231. The van der Waals surface area contributed by atoms with Gasteiger partial charge in [0, 0.05) is 0 Å². The second-order valence-corrected chi connectivity index (χ2v) is 14.5. The molecule has 0 saturated carbocycles. The molecule has 0 aliphatic rings. The van der Waals surface area contributed by atoms with Gasteiger partial charge in [-0.05, 0) is 96.2 Å². The smallest absolute Gasteiger partial charge is 0.408 e. The van der Waals surface area contributed by atoms with Crippen molar-refractivity contribution in [2.75, 3.05) is 0 Å². The maximum absolute atomic E-state index is 6.50. The largest absolute Gasteiger partial charge is 0.497 e. The number of hydrogen-bond acceptors (Lipinski definition) is 3. The summed E-state index contributed by atoms with van der Waals surface area (Å²) in [5.74, 6) is 0. The van der Waals surface area contributed by atoms with Crippen LogP contribution in [0.25, 0.3) is 0 Å². The quantitative estimate of drug-likeness (QED) is 0.398. The van der Waals surface area contributed by atoms with Gasteiger partial charge in [0.05, 0.1) is 0 Å². The van der Waals surface area contributed by atoms with Gasteiger partial charge in [-0.1, -0.05) is 54.6 Å². The topological polar surface area (TPSA) is 27.7 Å². The zero-order chi connectivity index (χ0) is 24.0. The molecule has 0 aliphatic carbocycles. The molecule has 0 heterocycles. The van der Waals surface area contributed by atoms with E-state index in [1.807, 2.05) is 0 Å². The van der Waals surface area contributed by atoms with E-state index in [1.54, 1.807) is 5.70 Å². The number of rotatable bonds is 10. The van der Waals surface area contributed by atoms with Crippen molar-refractivity contribution < 1.29 is 12.3 Å². The van der Waals surface area contributed by atoms with Gasteiger partial charge in [0.2, 0.25) is 0 Å². The molecule has 0 aromatic heterocycles. The van der Waals surface area contributed by atoms with Gasteiger partial charge in [-0.2, -0.15) is 0 Å². The maximum Gasteiger partial charge on any atom is 0.497 e. The van der Waals surface area contributed by atoms with Crippen molar-refractivity contribution >= 4 is 53.7 Å². The van der Waals surface area contributed by atoms with Crippen LogP contribution in [0.2, 0.25) is 0 Å². The first-order chi connectivity index (χ1) is 15.8. The Kier molecular flexibility index (Phi) is 9.00. The van der Waals surface area contributed by atoms with Gasteiger partial charge in [-0.15, -0.1) is 6.58 Å². The van der Waals surface area contributed by atoms with Crippen molar-refractivity contribution in [3.8, 4) is 0 Å². The number of benzene rings is 3. The van der Waals surface area contributed by atoms with Crippen molar-refractivity contribution in [2.45, 2.75) is 41.5 Å². The minimum atomic E-state index is -3.14. The van der Waals surface area contributed by atoms with Crippen LogP contribution in [0.5, 0.6) is 0 Å². The highest BCUT2D eigenvalue weighted by Gasteiger charge is 2.38. The van der Waals surface area contributed by atoms with E-state index in [1.165, 1.54) is 48.9 Å². The van der Waals surface area contributed by atoms with E-state index in [-0.39, 0.29) is 29.3 Å². The molecule has 0 saturated heterocycles. The predicted molar refractivity (Wildman–Crippen MR) is 143 cm³/mol. The van der Waals surface area contributed by atoms with Crippen molar-refractivity contribution in [2.24, 2.45) is 0 Å². The second-order valence-electron chi connectivity index (χ2n) is 8.16. The van der Waals surface area contributed by atoms with Crippen LogP contribution in [0, 0.1) is 41.5 Å². The first-order valence-corrected chi connectivity index (χ1v) is 15.4. The molecule has 0 atom stereocenters. The van der Waals surface area contributed by atoms with E-state index in [4.69, 9.17) is 12.3 Å². The summed E-state index contributed by atoms with van der Waals surface area (Å²) in [5, 5.41) is 3.52. The Hall–Kier alpha value is -1.85. The van der Waals surface area contributed by atoms with Crippen molar-refractivity contribution in [3.05, 3.63) is 100 Å². The SMILES string of the molecule is C=C[Si](O[Si]c1cccc(C)c1C)(O[Si]c1cccc(C)c1C)O[Si]c1cccc(C)c1C. The van der Waals surface area contributed by atoms with E-state index in [9.17, 15) is 0 Å². The van der Waals surface area contributed by atoms with E-state index in [0.29, 0.717) is 0 Å². The molecule has 0 unspecified atom stereocenters. The van der Waals surface area contributed by atoms with Gasteiger partial charge >= 0.3 is 8.80 Å². The van der Waals surface area contributed by atoms with Gasteiger partial charge in [0.25, 0.3) is 29.3 Å². The highest BCUT2D eigenvalue weighted by atomic mass is 28.5. The summed E-state index contributed by atoms with van der Waals surface area (Å²) in [6, 6.07) is 18.9. The Morgan fingerprint density at radius 3 is 1.15 bits per heavy atom. The van der Waals surface area contributed by atoms with Crippen LogP contribution in [0.3, 0.4) is 0 Å². The van der Waals surface area contributed by atoms with E-state index in [2.05, 4.69) is 103 Å². The molecule has 168 valence electrons. The lowest BCUT2D eigenvalue weighted by molar-refractivity contribution is 0.306. The summed E-state index contributed by atoms with van der Waals surface area (Å²) in [4.78, 5) is 0. The molecule has 0 amide bonds. The zero-order valence-corrected chi connectivity index (χ0v) is 24.2. The normalized spacial score (nSPS) is 11.6. The van der Waals surface area contributed by atoms with Crippen molar-refractivity contribution in [1.82, 2.24) is 0 Å². The van der Waals surface area contributed by atoms with Crippen LogP contribution in [-0.2, 0) is 12.3 Å². The molecule has 6 radical (unpaired) electrons. The maximum atomic E-state index is 6.50. The highest BCUT2D eigenvalue weighted by molar-refractivity contribution is 6.81. The molecular weight excluding hydrogens is 473 g/mol. The molecule has 0 N–H and O–H groups in total. The first-order valence-electron chi connectivity index (χ1n) is 10.9. The van der Waals surface area contributed by atoms with Crippen LogP contribution in [0.4, 0.5) is 0 Å². The van der Waals surface area contributed by atoms with Gasteiger partial charge in [-0.3, -0.25) is 0 Å². The summed E-state index contributed by atoms with van der Waals surface area (Å²) in [5.41, 5.74) is 9.29. The lowest BCUT2D eigenvalue weighted by atomic mass is 10.1.